The molecule has 1 amide bonds. The Kier molecular flexibility index (Phi) is 5.04. The molecule has 0 aliphatic heterocycles. The van der Waals surface area contributed by atoms with Gasteiger partial charge in [0.2, 0.25) is 5.88 Å². The zero-order valence-electron chi connectivity index (χ0n) is 16.5. The minimum atomic E-state index is -0.456. The average Bonchev–Trinajstić information content (AvgIpc) is 3.11. The number of pyridine rings is 1. The summed E-state index contributed by atoms with van der Waals surface area (Å²) < 4.78 is 5.83. The van der Waals surface area contributed by atoms with E-state index in [2.05, 4.69) is 21.4 Å². The maximum Gasteiger partial charge on any atom is 0.257 e. The van der Waals surface area contributed by atoms with E-state index in [0.717, 1.165) is 11.1 Å². The highest BCUT2D eigenvalue weighted by atomic mass is 16.5. The Morgan fingerprint density at radius 3 is 2.62 bits per heavy atom. The number of benzene rings is 2. The van der Waals surface area contributed by atoms with Gasteiger partial charge >= 0.3 is 0 Å². The van der Waals surface area contributed by atoms with Crippen LogP contribution in [0, 0.1) is 0 Å². The van der Waals surface area contributed by atoms with E-state index in [1.807, 2.05) is 68.6 Å². The fraction of sp³-hybridized carbons (Fsp3) is 0.167. The fourth-order valence-corrected chi connectivity index (χ4v) is 3.42. The van der Waals surface area contributed by atoms with E-state index in [1.165, 1.54) is 5.39 Å². The molecule has 0 fully saturated rings. The smallest absolute Gasteiger partial charge is 0.257 e. The summed E-state index contributed by atoms with van der Waals surface area (Å²) in [6.07, 6.45) is 4.32. The number of fused-ring (bicyclic) bond motifs is 1. The van der Waals surface area contributed by atoms with E-state index in [9.17, 15) is 4.79 Å². The number of aromatic nitrogens is 2. The molecule has 4 aromatic rings. The van der Waals surface area contributed by atoms with Crippen molar-refractivity contribution in [2.24, 2.45) is 0 Å². The van der Waals surface area contributed by atoms with Crippen molar-refractivity contribution in [3.63, 3.8) is 0 Å². The molecular formula is C24H23N3O2. The molecule has 2 heterocycles. The lowest BCUT2D eigenvalue weighted by molar-refractivity contribution is 0.0910. The van der Waals surface area contributed by atoms with Crippen LogP contribution in [0.3, 0.4) is 0 Å². The highest BCUT2D eigenvalue weighted by Gasteiger charge is 2.25. The summed E-state index contributed by atoms with van der Waals surface area (Å²) in [5, 5.41) is 4.30. The first-order valence-corrected chi connectivity index (χ1v) is 9.57. The van der Waals surface area contributed by atoms with Crippen molar-refractivity contribution in [2.75, 3.05) is 0 Å². The van der Waals surface area contributed by atoms with Gasteiger partial charge < -0.3 is 15.0 Å². The van der Waals surface area contributed by atoms with Gasteiger partial charge in [-0.15, -0.1) is 0 Å². The number of nitrogens with one attached hydrogen (secondary N) is 2. The second-order valence-corrected chi connectivity index (χ2v) is 7.65. The Bertz CT molecular complexity index is 1130. The molecule has 0 bridgehead atoms. The van der Waals surface area contributed by atoms with Crippen LogP contribution < -0.4 is 10.1 Å². The van der Waals surface area contributed by atoms with Gasteiger partial charge in [0.25, 0.3) is 5.91 Å². The Balaban J connectivity index is 1.53. The number of rotatable bonds is 6. The van der Waals surface area contributed by atoms with Crippen LogP contribution in [-0.4, -0.2) is 21.4 Å². The number of amides is 1. The summed E-state index contributed by atoms with van der Waals surface area (Å²) in [7, 11) is 0. The zero-order chi connectivity index (χ0) is 20.3. The molecule has 4 rings (SSSR count). The van der Waals surface area contributed by atoms with E-state index in [0.29, 0.717) is 23.6 Å². The van der Waals surface area contributed by atoms with Crippen molar-refractivity contribution in [1.82, 2.24) is 15.3 Å². The summed E-state index contributed by atoms with van der Waals surface area (Å²) >= 11 is 0. The van der Waals surface area contributed by atoms with Crippen molar-refractivity contribution >= 4 is 16.8 Å². The van der Waals surface area contributed by atoms with Crippen LogP contribution in [0.2, 0.25) is 0 Å². The molecular weight excluding hydrogens is 362 g/mol. The van der Waals surface area contributed by atoms with Gasteiger partial charge in [-0.05, 0) is 56.2 Å². The molecule has 0 saturated carbocycles. The molecule has 2 aromatic heterocycles. The third-order valence-corrected chi connectivity index (χ3v) is 4.73. The zero-order valence-corrected chi connectivity index (χ0v) is 16.5. The molecule has 2 aromatic carbocycles. The van der Waals surface area contributed by atoms with Gasteiger partial charge in [0.05, 0.1) is 0 Å². The highest BCUT2D eigenvalue weighted by molar-refractivity contribution is 5.97. The number of nitrogens with zero attached hydrogens (tertiary/aromatic N) is 1. The number of carbonyl (C=O) groups is 1. The number of hydrogen-bond acceptors (Lipinski definition) is 3. The normalized spacial score (nSPS) is 11.4. The van der Waals surface area contributed by atoms with Gasteiger partial charge in [-0.3, -0.25) is 4.79 Å². The predicted molar refractivity (Wildman–Crippen MR) is 114 cm³/mol. The molecule has 0 aliphatic rings. The third kappa shape index (κ3) is 4.29. The molecule has 0 atom stereocenters. The number of para-hydroxylation sites is 2. The van der Waals surface area contributed by atoms with Crippen molar-refractivity contribution in [2.45, 2.75) is 25.8 Å². The minimum Gasteiger partial charge on any atom is -0.438 e. The summed E-state index contributed by atoms with van der Waals surface area (Å²) in [6.45, 7) is 4.03. The fourth-order valence-electron chi connectivity index (χ4n) is 3.42. The van der Waals surface area contributed by atoms with Crippen molar-refractivity contribution < 1.29 is 9.53 Å². The van der Waals surface area contributed by atoms with Crippen LogP contribution in [0.15, 0.2) is 79.1 Å². The second-order valence-electron chi connectivity index (χ2n) is 7.65. The van der Waals surface area contributed by atoms with Gasteiger partial charge in [-0.25, -0.2) is 4.98 Å². The third-order valence-electron chi connectivity index (χ3n) is 4.73. The van der Waals surface area contributed by atoms with Crippen molar-refractivity contribution in [3.8, 4) is 11.6 Å². The van der Waals surface area contributed by atoms with Gasteiger partial charge in [-0.1, -0.05) is 36.4 Å². The molecule has 5 heteroatoms. The Hall–Kier alpha value is -3.60. The lowest BCUT2D eigenvalue weighted by Crippen LogP contribution is -2.45. The number of hydrogen-bond donors (Lipinski definition) is 2. The Morgan fingerprint density at radius 1 is 1.03 bits per heavy atom. The maximum absolute atomic E-state index is 13.0. The van der Waals surface area contributed by atoms with E-state index in [1.54, 1.807) is 18.3 Å². The Labute approximate surface area is 169 Å². The van der Waals surface area contributed by atoms with Crippen molar-refractivity contribution in [3.05, 3.63) is 90.3 Å². The molecule has 146 valence electrons. The lowest BCUT2D eigenvalue weighted by Gasteiger charge is -2.26. The summed E-state index contributed by atoms with van der Waals surface area (Å²) in [5.74, 6) is 0.714. The average molecular weight is 385 g/mol. The molecule has 29 heavy (non-hydrogen) atoms. The maximum atomic E-state index is 13.0. The molecule has 0 radical (unpaired) electrons. The number of carbonyl (C=O) groups excluding carboxylic acids is 1. The molecule has 0 aliphatic carbocycles. The minimum absolute atomic E-state index is 0.214. The standard InChI is InChI=1S/C24H23N3O2/c1-24(2,15-17-16-26-21-13-7-6-11-19(17)21)27-22(28)20-12-8-14-25-23(20)29-18-9-4-3-5-10-18/h3-14,16,26H,15H2,1-2H3,(H,27,28). The second kappa shape index (κ2) is 7.80. The van der Waals surface area contributed by atoms with Gasteiger partial charge in [0.15, 0.2) is 0 Å². The van der Waals surface area contributed by atoms with Crippen LogP contribution in [0.25, 0.3) is 10.9 Å². The van der Waals surface area contributed by atoms with Crippen LogP contribution in [-0.2, 0) is 6.42 Å². The van der Waals surface area contributed by atoms with Gasteiger partial charge in [0, 0.05) is 28.8 Å². The summed E-state index contributed by atoms with van der Waals surface area (Å²) in [6, 6.07) is 21.0. The first-order valence-electron chi connectivity index (χ1n) is 9.57. The first kappa shape index (κ1) is 18.7. The largest absolute Gasteiger partial charge is 0.438 e. The first-order chi connectivity index (χ1) is 14.0. The number of H-pyrrole nitrogens is 1. The number of ether oxygens (including phenoxy) is 1. The topological polar surface area (TPSA) is 67.0 Å². The van der Waals surface area contributed by atoms with Crippen LogP contribution in [0.1, 0.15) is 29.8 Å². The monoisotopic (exact) mass is 385 g/mol. The Morgan fingerprint density at radius 2 is 1.79 bits per heavy atom. The molecule has 0 saturated heterocycles. The van der Waals surface area contributed by atoms with Gasteiger partial charge in [0.1, 0.15) is 11.3 Å². The summed E-state index contributed by atoms with van der Waals surface area (Å²) in [5.41, 5.74) is 2.21. The van der Waals surface area contributed by atoms with E-state index >= 15 is 0 Å². The number of aromatic amines is 1. The SMILES string of the molecule is CC(C)(Cc1c[nH]c2ccccc12)NC(=O)c1cccnc1Oc1ccccc1. The molecule has 5 nitrogen and oxygen atoms in total. The van der Waals surface area contributed by atoms with Gasteiger partial charge in [-0.2, -0.15) is 0 Å². The van der Waals surface area contributed by atoms with Crippen LogP contribution in [0.5, 0.6) is 11.6 Å². The lowest BCUT2D eigenvalue weighted by atomic mass is 9.94. The van der Waals surface area contributed by atoms with E-state index < -0.39 is 5.54 Å². The van der Waals surface area contributed by atoms with E-state index in [-0.39, 0.29) is 5.91 Å². The predicted octanol–water partition coefficient (Wildman–Crippen LogP) is 5.11. The van der Waals surface area contributed by atoms with Crippen molar-refractivity contribution in [1.29, 1.82) is 0 Å². The summed E-state index contributed by atoms with van der Waals surface area (Å²) in [4.78, 5) is 20.6. The molecule has 0 unspecified atom stereocenters. The highest BCUT2D eigenvalue weighted by Crippen LogP contribution is 2.25. The quantitative estimate of drug-likeness (QED) is 0.485. The molecule has 0 spiro atoms. The van der Waals surface area contributed by atoms with Crippen LogP contribution in [0.4, 0.5) is 0 Å². The van der Waals surface area contributed by atoms with Crippen LogP contribution >= 0.6 is 0 Å². The molecule has 2 N–H and O–H groups in total. The van der Waals surface area contributed by atoms with E-state index in [4.69, 9.17) is 4.74 Å².